The maximum atomic E-state index is 2.50. The number of hydrogen-bond donors (Lipinski definition) is 0. The summed E-state index contributed by atoms with van der Waals surface area (Å²) in [5.41, 5.74) is 10.6. The molecule has 0 radical (unpaired) electrons. The molecule has 0 atom stereocenters. The highest BCUT2D eigenvalue weighted by molar-refractivity contribution is 7.26. The number of hydrogen-bond acceptors (Lipinski definition) is 2. The van der Waals surface area contributed by atoms with Gasteiger partial charge < -0.3 is 0 Å². The molecule has 0 nitrogen and oxygen atoms in total. The van der Waals surface area contributed by atoms with Crippen molar-refractivity contribution in [3.63, 3.8) is 0 Å². The Morgan fingerprint density at radius 1 is 0.378 bits per heavy atom. The summed E-state index contributed by atoms with van der Waals surface area (Å²) in [5, 5.41) is 8.05. The Kier molecular flexibility index (Phi) is 5.19. The van der Waals surface area contributed by atoms with Crippen molar-refractivity contribution in [1.82, 2.24) is 0 Å². The lowest BCUT2D eigenvalue weighted by Gasteiger charge is -2.23. The molecule has 2 heterocycles. The second-order valence-corrected chi connectivity index (χ2v) is 15.1. The van der Waals surface area contributed by atoms with E-state index >= 15 is 0 Å². The van der Waals surface area contributed by atoms with Gasteiger partial charge in [-0.05, 0) is 104 Å². The van der Waals surface area contributed by atoms with Crippen LogP contribution in [0.2, 0.25) is 0 Å². The van der Waals surface area contributed by atoms with Crippen LogP contribution < -0.4 is 0 Å². The van der Waals surface area contributed by atoms with Crippen molar-refractivity contribution in [2.45, 2.75) is 19.3 Å². The van der Waals surface area contributed by atoms with Gasteiger partial charge in [0, 0.05) is 45.8 Å². The molecule has 212 valence electrons. The molecule has 45 heavy (non-hydrogen) atoms. The zero-order valence-electron chi connectivity index (χ0n) is 25.0. The second kappa shape index (κ2) is 9.14. The third-order valence-electron chi connectivity index (χ3n) is 10.1. The van der Waals surface area contributed by atoms with Crippen LogP contribution in [0, 0.1) is 0 Å². The Morgan fingerprint density at radius 3 is 1.58 bits per heavy atom. The summed E-state index contributed by atoms with van der Waals surface area (Å²) in [5.74, 6) is 0. The van der Waals surface area contributed by atoms with Gasteiger partial charge in [-0.25, -0.2) is 0 Å². The van der Waals surface area contributed by atoms with Crippen molar-refractivity contribution in [2.75, 3.05) is 0 Å². The van der Waals surface area contributed by atoms with Crippen LogP contribution in [0.5, 0.6) is 0 Å². The van der Waals surface area contributed by atoms with Gasteiger partial charge in [-0.1, -0.05) is 98.8 Å². The molecule has 0 spiro atoms. The Morgan fingerprint density at radius 2 is 0.889 bits per heavy atom. The van der Waals surface area contributed by atoms with E-state index in [4.69, 9.17) is 0 Å². The fraction of sp³-hybridized carbons (Fsp3) is 0.0698. The van der Waals surface area contributed by atoms with Crippen molar-refractivity contribution in [3.05, 3.63) is 145 Å². The third-order valence-corrected chi connectivity index (χ3v) is 12.4. The molecule has 0 fully saturated rings. The summed E-state index contributed by atoms with van der Waals surface area (Å²) in [6.07, 6.45) is 0. The molecule has 0 aliphatic heterocycles. The molecule has 0 unspecified atom stereocenters. The van der Waals surface area contributed by atoms with E-state index in [1.807, 2.05) is 22.7 Å². The second-order valence-electron chi connectivity index (χ2n) is 12.9. The van der Waals surface area contributed by atoms with E-state index in [1.54, 1.807) is 0 Å². The Bertz CT molecular complexity index is 2680. The van der Waals surface area contributed by atoms with E-state index in [-0.39, 0.29) is 5.41 Å². The standard InChI is InChI=1S/C43H28S2/c1-43(2)36-23-26(25-16-19-40-34(21-25)29-10-5-7-13-38(29)44-40)15-18-32(36)42-31-12-4-3-9-28(31)33(24-37(42)43)27-17-20-41-35(22-27)30-11-6-8-14-39(30)45-41/h3-24H,1-2H3. The van der Waals surface area contributed by atoms with Crippen LogP contribution in [0.1, 0.15) is 25.0 Å². The molecule has 9 aromatic rings. The molecule has 1 aliphatic rings. The number of benzene rings is 7. The normalized spacial score (nSPS) is 13.7. The summed E-state index contributed by atoms with van der Waals surface area (Å²) in [7, 11) is 0. The molecule has 0 saturated carbocycles. The monoisotopic (exact) mass is 608 g/mol. The highest BCUT2D eigenvalue weighted by Crippen LogP contribution is 2.54. The van der Waals surface area contributed by atoms with Crippen LogP contribution in [-0.4, -0.2) is 0 Å². The van der Waals surface area contributed by atoms with Gasteiger partial charge in [0.15, 0.2) is 0 Å². The first kappa shape index (κ1) is 25.6. The molecule has 1 aliphatic carbocycles. The molecule has 0 amide bonds. The SMILES string of the molecule is CC1(C)c2cc(-c3ccc4sc5ccccc5c4c3)ccc2-c2c1cc(-c1ccc3sc4ccccc4c3c1)c1ccccc21. The van der Waals surface area contributed by atoms with Crippen molar-refractivity contribution in [1.29, 1.82) is 0 Å². The summed E-state index contributed by atoms with van der Waals surface area (Å²) >= 11 is 3.76. The van der Waals surface area contributed by atoms with Crippen molar-refractivity contribution >= 4 is 73.8 Å². The summed E-state index contributed by atoms with van der Waals surface area (Å²) in [6.45, 7) is 4.82. The molecule has 0 N–H and O–H groups in total. The van der Waals surface area contributed by atoms with Gasteiger partial charge >= 0.3 is 0 Å². The highest BCUT2D eigenvalue weighted by Gasteiger charge is 2.37. The van der Waals surface area contributed by atoms with Crippen molar-refractivity contribution < 1.29 is 0 Å². The highest BCUT2D eigenvalue weighted by atomic mass is 32.1. The predicted molar refractivity (Wildman–Crippen MR) is 198 cm³/mol. The minimum absolute atomic E-state index is 0.127. The average molecular weight is 609 g/mol. The zero-order chi connectivity index (χ0) is 29.9. The lowest BCUT2D eigenvalue weighted by molar-refractivity contribution is 0.661. The van der Waals surface area contributed by atoms with E-state index in [0.717, 1.165) is 0 Å². The van der Waals surface area contributed by atoms with Gasteiger partial charge in [0.05, 0.1) is 0 Å². The summed E-state index contributed by atoms with van der Waals surface area (Å²) < 4.78 is 5.40. The van der Waals surface area contributed by atoms with Gasteiger partial charge in [0.1, 0.15) is 0 Å². The zero-order valence-corrected chi connectivity index (χ0v) is 26.7. The van der Waals surface area contributed by atoms with E-state index < -0.39 is 0 Å². The van der Waals surface area contributed by atoms with E-state index in [1.165, 1.54) is 95.6 Å². The van der Waals surface area contributed by atoms with Crippen LogP contribution >= 0.6 is 22.7 Å². The van der Waals surface area contributed by atoms with Crippen LogP contribution in [0.15, 0.2) is 133 Å². The molecule has 7 aromatic carbocycles. The smallest absolute Gasteiger partial charge is 0.0355 e. The molecule has 0 bridgehead atoms. The predicted octanol–water partition coefficient (Wildman–Crippen LogP) is 13.2. The van der Waals surface area contributed by atoms with Gasteiger partial charge in [-0.15, -0.1) is 22.7 Å². The molecule has 2 aromatic heterocycles. The topological polar surface area (TPSA) is 0 Å². The van der Waals surface area contributed by atoms with Crippen LogP contribution in [0.4, 0.5) is 0 Å². The van der Waals surface area contributed by atoms with Gasteiger partial charge in [0.2, 0.25) is 0 Å². The van der Waals surface area contributed by atoms with Gasteiger partial charge in [-0.3, -0.25) is 0 Å². The van der Waals surface area contributed by atoms with Crippen molar-refractivity contribution in [3.8, 4) is 33.4 Å². The van der Waals surface area contributed by atoms with Gasteiger partial charge in [-0.2, -0.15) is 0 Å². The molecule has 10 rings (SSSR count). The Balaban J connectivity index is 1.16. The van der Waals surface area contributed by atoms with Crippen LogP contribution in [0.3, 0.4) is 0 Å². The quantitative estimate of drug-likeness (QED) is 0.183. The lowest BCUT2D eigenvalue weighted by atomic mass is 9.80. The number of rotatable bonds is 2. The largest absolute Gasteiger partial charge is 0.135 e. The minimum atomic E-state index is -0.127. The van der Waals surface area contributed by atoms with Crippen molar-refractivity contribution in [2.24, 2.45) is 0 Å². The maximum absolute atomic E-state index is 2.50. The van der Waals surface area contributed by atoms with E-state index in [0.29, 0.717) is 0 Å². The fourth-order valence-electron chi connectivity index (χ4n) is 7.80. The lowest BCUT2D eigenvalue weighted by Crippen LogP contribution is -2.15. The number of thiophene rings is 2. The molecular formula is C43H28S2. The third kappa shape index (κ3) is 3.58. The first-order chi connectivity index (χ1) is 22.0. The minimum Gasteiger partial charge on any atom is -0.135 e. The van der Waals surface area contributed by atoms with Gasteiger partial charge in [0.25, 0.3) is 0 Å². The first-order valence-electron chi connectivity index (χ1n) is 15.6. The fourth-order valence-corrected chi connectivity index (χ4v) is 9.97. The maximum Gasteiger partial charge on any atom is 0.0355 e. The summed E-state index contributed by atoms with van der Waals surface area (Å²) in [4.78, 5) is 0. The van der Waals surface area contributed by atoms with E-state index in [9.17, 15) is 0 Å². The Hall–Kier alpha value is -4.76. The molecule has 2 heteroatoms. The van der Waals surface area contributed by atoms with Crippen LogP contribution in [0.25, 0.3) is 84.5 Å². The van der Waals surface area contributed by atoms with Crippen LogP contribution in [-0.2, 0) is 5.41 Å². The summed E-state index contributed by atoms with van der Waals surface area (Å²) in [6, 6.07) is 50.3. The Labute approximate surface area is 269 Å². The molecule has 0 saturated heterocycles. The number of fused-ring (bicyclic) bond motifs is 11. The first-order valence-corrected chi connectivity index (χ1v) is 17.2. The molecular weight excluding hydrogens is 581 g/mol. The van der Waals surface area contributed by atoms with E-state index in [2.05, 4.69) is 147 Å². The average Bonchev–Trinajstić information content (AvgIpc) is 3.71.